The van der Waals surface area contributed by atoms with Crippen LogP contribution < -0.4 is 15.2 Å². The van der Waals surface area contributed by atoms with Crippen LogP contribution in [0.25, 0.3) is 0 Å². The molecule has 2 N–H and O–H groups in total. The minimum Gasteiger partial charge on any atom is -0.491 e. The van der Waals surface area contributed by atoms with Crippen molar-refractivity contribution in [3.8, 4) is 11.5 Å². The van der Waals surface area contributed by atoms with Crippen molar-refractivity contribution in [3.63, 3.8) is 0 Å². The molecule has 0 amide bonds. The fourth-order valence-corrected chi connectivity index (χ4v) is 1.32. The minimum atomic E-state index is -0.211. The zero-order valence-corrected chi connectivity index (χ0v) is 11.2. The van der Waals surface area contributed by atoms with Gasteiger partial charge >= 0.3 is 0 Å². The maximum atomic E-state index is 6.04. The molecule has 0 bridgehead atoms. The molecule has 3 heteroatoms. The lowest BCUT2D eigenvalue weighted by atomic mass is 10.1. The lowest BCUT2D eigenvalue weighted by Crippen LogP contribution is -2.27. The Balaban J connectivity index is 2.86. The summed E-state index contributed by atoms with van der Waals surface area (Å²) in [6, 6.07) is 5.66. The highest BCUT2D eigenvalue weighted by atomic mass is 16.5. The van der Waals surface area contributed by atoms with Gasteiger partial charge in [-0.15, -0.1) is 0 Å². The third-order valence-electron chi connectivity index (χ3n) is 2.73. The van der Waals surface area contributed by atoms with E-state index in [0.29, 0.717) is 23.8 Å². The number of benzene rings is 1. The van der Waals surface area contributed by atoms with Gasteiger partial charge in [0.15, 0.2) is 0 Å². The number of ether oxygens (including phenoxy) is 2. The molecule has 0 radical (unpaired) electrons. The summed E-state index contributed by atoms with van der Waals surface area (Å²) in [4.78, 5) is 0. The lowest BCUT2D eigenvalue weighted by Gasteiger charge is -2.26. The molecule has 0 saturated carbocycles. The van der Waals surface area contributed by atoms with Crippen LogP contribution in [0.15, 0.2) is 18.2 Å². The van der Waals surface area contributed by atoms with Gasteiger partial charge in [0.1, 0.15) is 22.8 Å². The molecule has 0 fully saturated rings. The molecule has 96 valence electrons. The average Bonchev–Trinajstić information content (AvgIpc) is 2.30. The van der Waals surface area contributed by atoms with Crippen LogP contribution in [0.3, 0.4) is 0 Å². The number of rotatable bonds is 6. The average molecular weight is 237 g/mol. The van der Waals surface area contributed by atoms with Gasteiger partial charge < -0.3 is 15.2 Å². The predicted octanol–water partition coefficient (Wildman–Crippen LogP) is 3.63. The van der Waals surface area contributed by atoms with Crippen LogP contribution in [0.5, 0.6) is 11.5 Å². The van der Waals surface area contributed by atoms with E-state index in [9.17, 15) is 0 Å². The van der Waals surface area contributed by atoms with Crippen LogP contribution in [-0.2, 0) is 0 Å². The summed E-state index contributed by atoms with van der Waals surface area (Å²) in [5.41, 5.74) is 6.41. The second kappa shape index (κ2) is 5.80. The summed E-state index contributed by atoms with van der Waals surface area (Å²) in [7, 11) is 0. The highest BCUT2D eigenvalue weighted by Crippen LogP contribution is 2.34. The SMILES string of the molecule is CCCOc1cccc(OC(C)(C)CC)c1N. The lowest BCUT2D eigenvalue weighted by molar-refractivity contribution is 0.106. The van der Waals surface area contributed by atoms with Gasteiger partial charge in [0.25, 0.3) is 0 Å². The van der Waals surface area contributed by atoms with E-state index in [4.69, 9.17) is 15.2 Å². The first-order valence-electron chi connectivity index (χ1n) is 6.20. The van der Waals surface area contributed by atoms with E-state index >= 15 is 0 Å². The molecular formula is C14H23NO2. The molecule has 0 atom stereocenters. The topological polar surface area (TPSA) is 44.5 Å². The molecule has 1 aromatic rings. The monoisotopic (exact) mass is 237 g/mol. The number of nitrogen functional groups attached to an aromatic ring is 1. The van der Waals surface area contributed by atoms with Crippen molar-refractivity contribution >= 4 is 5.69 Å². The van der Waals surface area contributed by atoms with E-state index in [1.807, 2.05) is 32.0 Å². The largest absolute Gasteiger partial charge is 0.491 e. The van der Waals surface area contributed by atoms with E-state index in [-0.39, 0.29) is 5.60 Å². The molecule has 0 aliphatic heterocycles. The van der Waals surface area contributed by atoms with Gasteiger partial charge in [-0.25, -0.2) is 0 Å². The highest BCUT2D eigenvalue weighted by molar-refractivity contribution is 5.62. The number of para-hydroxylation sites is 1. The van der Waals surface area contributed by atoms with Crippen molar-refractivity contribution in [1.29, 1.82) is 0 Å². The van der Waals surface area contributed by atoms with Gasteiger partial charge in [-0.1, -0.05) is 19.9 Å². The van der Waals surface area contributed by atoms with Crippen LogP contribution in [0.4, 0.5) is 5.69 Å². The molecule has 0 aromatic heterocycles. The number of nitrogens with two attached hydrogens (primary N) is 1. The molecule has 0 aliphatic carbocycles. The summed E-state index contributed by atoms with van der Waals surface area (Å²) >= 11 is 0. The molecule has 0 aliphatic rings. The summed E-state index contributed by atoms with van der Waals surface area (Å²) in [5, 5.41) is 0. The Kier molecular flexibility index (Phi) is 4.67. The zero-order valence-electron chi connectivity index (χ0n) is 11.2. The Hall–Kier alpha value is -1.38. The Bertz CT molecular complexity index is 361. The number of anilines is 1. The number of hydrogen-bond acceptors (Lipinski definition) is 3. The maximum absolute atomic E-state index is 6.04. The van der Waals surface area contributed by atoms with E-state index in [2.05, 4.69) is 13.8 Å². The van der Waals surface area contributed by atoms with Gasteiger partial charge in [0.2, 0.25) is 0 Å². The van der Waals surface area contributed by atoms with E-state index in [1.165, 1.54) is 0 Å². The van der Waals surface area contributed by atoms with Gasteiger partial charge in [-0.2, -0.15) is 0 Å². The first kappa shape index (κ1) is 13.7. The molecule has 0 heterocycles. The van der Waals surface area contributed by atoms with Crippen LogP contribution >= 0.6 is 0 Å². The summed E-state index contributed by atoms with van der Waals surface area (Å²) in [5.74, 6) is 1.40. The summed E-state index contributed by atoms with van der Waals surface area (Å²) in [6.07, 6.45) is 1.89. The Morgan fingerprint density at radius 3 is 2.41 bits per heavy atom. The van der Waals surface area contributed by atoms with Gasteiger partial charge in [0, 0.05) is 0 Å². The molecular weight excluding hydrogens is 214 g/mol. The van der Waals surface area contributed by atoms with Gasteiger partial charge in [-0.3, -0.25) is 0 Å². The van der Waals surface area contributed by atoms with Crippen molar-refractivity contribution < 1.29 is 9.47 Å². The zero-order chi connectivity index (χ0) is 12.9. The Labute approximate surface area is 104 Å². The summed E-state index contributed by atoms with van der Waals surface area (Å²) < 4.78 is 11.5. The Morgan fingerprint density at radius 1 is 1.18 bits per heavy atom. The fraction of sp³-hybridized carbons (Fsp3) is 0.571. The molecule has 3 nitrogen and oxygen atoms in total. The van der Waals surface area contributed by atoms with Crippen molar-refractivity contribution in [2.24, 2.45) is 0 Å². The van der Waals surface area contributed by atoms with E-state index < -0.39 is 0 Å². The quantitative estimate of drug-likeness (QED) is 0.768. The summed E-state index contributed by atoms with van der Waals surface area (Å²) in [6.45, 7) is 8.92. The van der Waals surface area contributed by atoms with Crippen LogP contribution in [-0.4, -0.2) is 12.2 Å². The third-order valence-corrected chi connectivity index (χ3v) is 2.73. The fourth-order valence-electron chi connectivity index (χ4n) is 1.32. The van der Waals surface area contributed by atoms with Crippen LogP contribution in [0, 0.1) is 0 Å². The molecule has 0 spiro atoms. The first-order chi connectivity index (χ1) is 8.00. The molecule has 1 rings (SSSR count). The van der Waals surface area contributed by atoms with Crippen molar-refractivity contribution in [3.05, 3.63) is 18.2 Å². The van der Waals surface area contributed by atoms with Gasteiger partial charge in [-0.05, 0) is 38.8 Å². The van der Waals surface area contributed by atoms with Crippen molar-refractivity contribution in [2.75, 3.05) is 12.3 Å². The second-order valence-corrected chi connectivity index (χ2v) is 4.73. The standard InChI is InChI=1S/C14H23NO2/c1-5-10-16-11-8-7-9-12(13(11)15)17-14(3,4)6-2/h7-9H,5-6,10,15H2,1-4H3. The Morgan fingerprint density at radius 2 is 1.82 bits per heavy atom. The second-order valence-electron chi connectivity index (χ2n) is 4.73. The minimum absolute atomic E-state index is 0.211. The number of hydrogen-bond donors (Lipinski definition) is 1. The maximum Gasteiger partial charge on any atom is 0.146 e. The van der Waals surface area contributed by atoms with Crippen LogP contribution in [0.1, 0.15) is 40.5 Å². The van der Waals surface area contributed by atoms with E-state index in [0.717, 1.165) is 12.8 Å². The molecule has 0 unspecified atom stereocenters. The molecule has 0 saturated heterocycles. The normalized spacial score (nSPS) is 11.3. The van der Waals surface area contributed by atoms with Crippen molar-refractivity contribution in [2.45, 2.75) is 46.1 Å². The highest BCUT2D eigenvalue weighted by Gasteiger charge is 2.19. The van der Waals surface area contributed by atoms with Crippen LogP contribution in [0.2, 0.25) is 0 Å². The molecule has 17 heavy (non-hydrogen) atoms. The predicted molar refractivity (Wildman–Crippen MR) is 71.6 cm³/mol. The first-order valence-corrected chi connectivity index (χ1v) is 6.20. The smallest absolute Gasteiger partial charge is 0.146 e. The van der Waals surface area contributed by atoms with Crippen molar-refractivity contribution in [1.82, 2.24) is 0 Å². The van der Waals surface area contributed by atoms with E-state index in [1.54, 1.807) is 0 Å². The molecule has 1 aromatic carbocycles. The van der Waals surface area contributed by atoms with Gasteiger partial charge in [0.05, 0.1) is 6.61 Å². The third kappa shape index (κ3) is 3.84.